The maximum Gasteiger partial charge on any atom is 0.00921 e. The fourth-order valence-corrected chi connectivity index (χ4v) is 2.77. The zero-order valence-electron chi connectivity index (χ0n) is 6.91. The molecule has 0 N–H and O–H groups in total. The molecule has 0 unspecified atom stereocenters. The third-order valence-electron chi connectivity index (χ3n) is 1.75. The second kappa shape index (κ2) is 3.42. The summed E-state index contributed by atoms with van der Waals surface area (Å²) >= 11 is 3.66. The molecule has 0 spiro atoms. The Morgan fingerprint density at radius 2 is 2.17 bits per heavy atom. The normalized spacial score (nSPS) is 10.4. The summed E-state index contributed by atoms with van der Waals surface area (Å²) in [5, 5.41) is 4.35. The standard InChI is InChI=1S/C10H10S2/c1-8-2-3-10(12-8)6-9-4-5-11-7-9/h2-5,7H,6H2,1H3. The summed E-state index contributed by atoms with van der Waals surface area (Å²) < 4.78 is 0. The lowest BCUT2D eigenvalue weighted by molar-refractivity contribution is 1.27. The Hall–Kier alpha value is -0.600. The minimum absolute atomic E-state index is 1.10. The van der Waals surface area contributed by atoms with Crippen molar-refractivity contribution in [3.05, 3.63) is 44.3 Å². The van der Waals surface area contributed by atoms with Gasteiger partial charge in [-0.3, -0.25) is 0 Å². The number of rotatable bonds is 2. The molecule has 0 radical (unpaired) electrons. The van der Waals surface area contributed by atoms with Gasteiger partial charge in [0.1, 0.15) is 0 Å². The molecule has 2 aromatic heterocycles. The first-order valence-corrected chi connectivity index (χ1v) is 5.67. The molecule has 0 nitrogen and oxygen atoms in total. The van der Waals surface area contributed by atoms with E-state index in [4.69, 9.17) is 0 Å². The topological polar surface area (TPSA) is 0 Å². The number of hydrogen-bond acceptors (Lipinski definition) is 2. The zero-order chi connectivity index (χ0) is 8.39. The predicted molar refractivity (Wildman–Crippen MR) is 56.2 cm³/mol. The number of hydrogen-bond donors (Lipinski definition) is 0. The van der Waals surface area contributed by atoms with E-state index in [9.17, 15) is 0 Å². The van der Waals surface area contributed by atoms with Gasteiger partial charge in [-0.1, -0.05) is 0 Å². The lowest BCUT2D eigenvalue weighted by Crippen LogP contribution is -1.77. The van der Waals surface area contributed by atoms with Gasteiger partial charge in [-0.05, 0) is 41.4 Å². The van der Waals surface area contributed by atoms with Crippen molar-refractivity contribution in [1.29, 1.82) is 0 Å². The van der Waals surface area contributed by atoms with Crippen molar-refractivity contribution >= 4 is 22.7 Å². The van der Waals surface area contributed by atoms with Crippen molar-refractivity contribution < 1.29 is 0 Å². The van der Waals surface area contributed by atoms with E-state index in [1.165, 1.54) is 15.3 Å². The van der Waals surface area contributed by atoms with Crippen molar-refractivity contribution in [2.24, 2.45) is 0 Å². The van der Waals surface area contributed by atoms with Gasteiger partial charge in [-0.2, -0.15) is 11.3 Å². The van der Waals surface area contributed by atoms with Crippen molar-refractivity contribution in [2.45, 2.75) is 13.3 Å². The fraction of sp³-hybridized carbons (Fsp3) is 0.200. The van der Waals surface area contributed by atoms with Crippen LogP contribution in [0.3, 0.4) is 0 Å². The first-order chi connectivity index (χ1) is 5.84. The summed E-state index contributed by atoms with van der Waals surface area (Å²) in [4.78, 5) is 2.87. The molecule has 0 fully saturated rings. The van der Waals surface area contributed by atoms with E-state index >= 15 is 0 Å². The van der Waals surface area contributed by atoms with Crippen molar-refractivity contribution in [3.63, 3.8) is 0 Å². The van der Waals surface area contributed by atoms with E-state index in [2.05, 4.69) is 35.9 Å². The van der Waals surface area contributed by atoms with E-state index in [1.54, 1.807) is 11.3 Å². The molecule has 2 aromatic rings. The van der Waals surface area contributed by atoms with Gasteiger partial charge < -0.3 is 0 Å². The third kappa shape index (κ3) is 1.76. The molecule has 0 amide bonds. The Balaban J connectivity index is 2.14. The van der Waals surface area contributed by atoms with Gasteiger partial charge in [-0.25, -0.2) is 0 Å². The summed E-state index contributed by atoms with van der Waals surface area (Å²) in [5.74, 6) is 0. The first-order valence-electron chi connectivity index (χ1n) is 3.91. The molecule has 0 aliphatic heterocycles. The average Bonchev–Trinajstić information content (AvgIpc) is 2.63. The highest BCUT2D eigenvalue weighted by Gasteiger charge is 1.98. The van der Waals surface area contributed by atoms with Gasteiger partial charge >= 0.3 is 0 Å². The predicted octanol–water partition coefficient (Wildman–Crippen LogP) is 3.71. The molecule has 2 heteroatoms. The van der Waals surface area contributed by atoms with E-state index in [0.29, 0.717) is 0 Å². The molecule has 0 atom stereocenters. The lowest BCUT2D eigenvalue weighted by Gasteiger charge is -1.91. The van der Waals surface area contributed by atoms with Gasteiger partial charge in [0.2, 0.25) is 0 Å². The molecule has 0 saturated heterocycles. The monoisotopic (exact) mass is 194 g/mol. The average molecular weight is 194 g/mol. The van der Waals surface area contributed by atoms with Gasteiger partial charge in [0.05, 0.1) is 0 Å². The number of aryl methyl sites for hydroxylation is 1. The van der Waals surface area contributed by atoms with Crippen LogP contribution in [0.5, 0.6) is 0 Å². The van der Waals surface area contributed by atoms with Crippen LogP contribution in [0.2, 0.25) is 0 Å². The molecule has 2 heterocycles. The van der Waals surface area contributed by atoms with Crippen LogP contribution in [0.1, 0.15) is 15.3 Å². The molecule has 0 aliphatic rings. The summed E-state index contributed by atoms with van der Waals surface area (Å²) in [7, 11) is 0. The summed E-state index contributed by atoms with van der Waals surface area (Å²) in [6.07, 6.45) is 1.10. The molecule has 0 aliphatic carbocycles. The van der Waals surface area contributed by atoms with Crippen molar-refractivity contribution in [2.75, 3.05) is 0 Å². The van der Waals surface area contributed by atoms with E-state index < -0.39 is 0 Å². The maximum absolute atomic E-state index is 2.22. The van der Waals surface area contributed by atoms with Gasteiger partial charge in [-0.15, -0.1) is 11.3 Å². The molecule has 12 heavy (non-hydrogen) atoms. The summed E-state index contributed by atoms with van der Waals surface area (Å²) in [5.41, 5.74) is 1.43. The second-order valence-corrected chi connectivity index (χ2v) is 4.97. The highest BCUT2D eigenvalue weighted by atomic mass is 32.1. The maximum atomic E-state index is 2.22. The first kappa shape index (κ1) is 8.02. The highest BCUT2D eigenvalue weighted by Crippen LogP contribution is 2.19. The molecule has 0 aromatic carbocycles. The second-order valence-electron chi connectivity index (χ2n) is 2.82. The number of thiophene rings is 2. The van der Waals surface area contributed by atoms with E-state index in [-0.39, 0.29) is 0 Å². The summed E-state index contributed by atoms with van der Waals surface area (Å²) in [6.45, 7) is 2.15. The molecule has 62 valence electrons. The quantitative estimate of drug-likeness (QED) is 0.683. The Bertz CT molecular complexity index is 344. The molecular weight excluding hydrogens is 184 g/mol. The zero-order valence-corrected chi connectivity index (χ0v) is 8.54. The molecule has 2 rings (SSSR count). The van der Waals surface area contributed by atoms with Crippen LogP contribution < -0.4 is 0 Å². The molecule has 0 bridgehead atoms. The minimum atomic E-state index is 1.10. The van der Waals surface area contributed by atoms with Crippen LogP contribution in [0, 0.1) is 6.92 Å². The summed E-state index contributed by atoms with van der Waals surface area (Å²) in [6, 6.07) is 6.60. The lowest BCUT2D eigenvalue weighted by atomic mass is 10.2. The SMILES string of the molecule is Cc1ccc(Cc2ccsc2)s1. The molecular formula is C10H10S2. The van der Waals surface area contributed by atoms with Crippen LogP contribution in [0.15, 0.2) is 29.0 Å². The van der Waals surface area contributed by atoms with Crippen LogP contribution in [-0.2, 0) is 6.42 Å². The fourth-order valence-electron chi connectivity index (χ4n) is 1.17. The van der Waals surface area contributed by atoms with Crippen molar-refractivity contribution in [3.8, 4) is 0 Å². The van der Waals surface area contributed by atoms with Crippen LogP contribution in [0.4, 0.5) is 0 Å². The van der Waals surface area contributed by atoms with Crippen LogP contribution in [0.25, 0.3) is 0 Å². The Morgan fingerprint density at radius 1 is 1.25 bits per heavy atom. The van der Waals surface area contributed by atoms with Gasteiger partial charge in [0.25, 0.3) is 0 Å². The third-order valence-corrected chi connectivity index (χ3v) is 3.49. The van der Waals surface area contributed by atoms with E-state index in [1.807, 2.05) is 11.3 Å². The van der Waals surface area contributed by atoms with Crippen LogP contribution in [-0.4, -0.2) is 0 Å². The molecule has 0 saturated carbocycles. The van der Waals surface area contributed by atoms with Crippen molar-refractivity contribution in [1.82, 2.24) is 0 Å². The highest BCUT2D eigenvalue weighted by molar-refractivity contribution is 7.12. The van der Waals surface area contributed by atoms with E-state index in [0.717, 1.165) is 6.42 Å². The Labute approximate surface area is 80.5 Å². The Morgan fingerprint density at radius 3 is 2.75 bits per heavy atom. The minimum Gasteiger partial charge on any atom is -0.152 e. The smallest absolute Gasteiger partial charge is 0.00921 e. The van der Waals surface area contributed by atoms with Gasteiger partial charge in [0.15, 0.2) is 0 Å². The largest absolute Gasteiger partial charge is 0.152 e. The van der Waals surface area contributed by atoms with Gasteiger partial charge in [0, 0.05) is 16.2 Å². The Kier molecular flexibility index (Phi) is 2.28. The van der Waals surface area contributed by atoms with Crippen LogP contribution >= 0.6 is 22.7 Å².